The maximum absolute atomic E-state index is 4.75. The molecule has 1 N–H and O–H groups in total. The van der Waals surface area contributed by atoms with Crippen LogP contribution in [0.15, 0.2) is 0 Å². The van der Waals surface area contributed by atoms with Gasteiger partial charge in [-0.2, -0.15) is 5.10 Å². The van der Waals surface area contributed by atoms with Crippen LogP contribution in [0.5, 0.6) is 0 Å². The van der Waals surface area contributed by atoms with Gasteiger partial charge in [-0.3, -0.25) is 4.68 Å². The number of rotatable bonds is 3. The predicted molar refractivity (Wildman–Crippen MR) is 70.3 cm³/mol. The molecule has 0 saturated carbocycles. The van der Waals surface area contributed by atoms with E-state index in [1.54, 1.807) is 0 Å². The summed E-state index contributed by atoms with van der Waals surface area (Å²) in [4.78, 5) is 2.38. The van der Waals surface area contributed by atoms with E-state index in [1.165, 1.54) is 29.9 Å². The zero-order chi connectivity index (χ0) is 12.6. The van der Waals surface area contributed by atoms with E-state index >= 15 is 0 Å². The molecule has 1 fully saturated rings. The minimum absolute atomic E-state index is 0.378. The molecule has 2 atom stereocenters. The number of hydrogen-bond acceptors (Lipinski definition) is 3. The predicted octanol–water partition coefficient (Wildman–Crippen LogP) is 1.66. The summed E-state index contributed by atoms with van der Waals surface area (Å²) in [5.74, 6) is 0. The molecule has 2 unspecified atom stereocenters. The zero-order valence-electron chi connectivity index (χ0n) is 11.6. The van der Waals surface area contributed by atoms with Gasteiger partial charge in [-0.1, -0.05) is 0 Å². The Balaban J connectivity index is 2.30. The molecular formula is C13H24N4. The van der Waals surface area contributed by atoms with Gasteiger partial charge in [0.05, 0.1) is 11.7 Å². The monoisotopic (exact) mass is 236 g/mol. The van der Waals surface area contributed by atoms with Crippen LogP contribution in [0.3, 0.4) is 0 Å². The minimum atomic E-state index is 0.378. The van der Waals surface area contributed by atoms with Crippen LogP contribution in [0.4, 0.5) is 0 Å². The highest BCUT2D eigenvalue weighted by Gasteiger charge is 2.25. The Bertz CT molecular complexity index is 396. The number of hydrogen-bond donors (Lipinski definition) is 1. The van der Waals surface area contributed by atoms with Crippen molar-refractivity contribution in [1.82, 2.24) is 20.0 Å². The number of aryl methyl sites for hydroxylation is 1. The van der Waals surface area contributed by atoms with Crippen LogP contribution in [0.2, 0.25) is 0 Å². The SMILES string of the molecule is CNC(C)c1c(C)nn(C2CCN(C)C2)c1C. The van der Waals surface area contributed by atoms with Crippen LogP contribution < -0.4 is 5.32 Å². The normalized spacial score (nSPS) is 23.2. The molecule has 1 aliphatic rings. The lowest BCUT2D eigenvalue weighted by Crippen LogP contribution is -2.18. The van der Waals surface area contributed by atoms with Crippen molar-refractivity contribution in [2.24, 2.45) is 0 Å². The number of aromatic nitrogens is 2. The summed E-state index contributed by atoms with van der Waals surface area (Å²) in [5.41, 5.74) is 3.85. The molecule has 17 heavy (non-hydrogen) atoms. The Morgan fingerprint density at radius 3 is 2.65 bits per heavy atom. The van der Waals surface area contributed by atoms with Crippen molar-refractivity contribution in [2.45, 2.75) is 39.3 Å². The van der Waals surface area contributed by atoms with Crippen molar-refractivity contribution in [3.63, 3.8) is 0 Å². The van der Waals surface area contributed by atoms with E-state index in [2.05, 4.69) is 42.7 Å². The maximum Gasteiger partial charge on any atom is 0.0661 e. The molecule has 2 heterocycles. The van der Waals surface area contributed by atoms with Crippen molar-refractivity contribution in [3.8, 4) is 0 Å². The number of likely N-dealkylation sites (N-methyl/N-ethyl adjacent to an activating group) is 1. The lowest BCUT2D eigenvalue weighted by molar-refractivity contribution is 0.378. The van der Waals surface area contributed by atoms with E-state index < -0.39 is 0 Å². The van der Waals surface area contributed by atoms with Gasteiger partial charge in [-0.15, -0.1) is 0 Å². The van der Waals surface area contributed by atoms with Crippen molar-refractivity contribution >= 4 is 0 Å². The second-order valence-electron chi connectivity index (χ2n) is 5.24. The Kier molecular flexibility index (Phi) is 3.54. The molecule has 96 valence electrons. The molecular weight excluding hydrogens is 212 g/mol. The molecule has 0 aliphatic carbocycles. The van der Waals surface area contributed by atoms with Gasteiger partial charge < -0.3 is 10.2 Å². The van der Waals surface area contributed by atoms with Crippen LogP contribution in [-0.4, -0.2) is 41.9 Å². The smallest absolute Gasteiger partial charge is 0.0661 e. The molecule has 2 rings (SSSR count). The molecule has 1 aliphatic heterocycles. The highest BCUT2D eigenvalue weighted by Crippen LogP contribution is 2.27. The molecule has 0 amide bonds. The summed E-state index contributed by atoms with van der Waals surface area (Å²) >= 11 is 0. The molecule has 1 aromatic heterocycles. The van der Waals surface area contributed by atoms with Crippen LogP contribution >= 0.6 is 0 Å². The molecule has 0 aromatic carbocycles. The lowest BCUT2D eigenvalue weighted by atomic mass is 10.1. The van der Waals surface area contributed by atoms with Crippen LogP contribution in [-0.2, 0) is 0 Å². The third-order valence-electron chi connectivity index (χ3n) is 3.96. The van der Waals surface area contributed by atoms with E-state index in [0.717, 1.165) is 6.54 Å². The van der Waals surface area contributed by atoms with Gasteiger partial charge in [-0.05, 0) is 47.8 Å². The Morgan fingerprint density at radius 2 is 2.12 bits per heavy atom. The lowest BCUT2D eigenvalue weighted by Gasteiger charge is -2.15. The molecule has 1 saturated heterocycles. The van der Waals surface area contributed by atoms with Crippen molar-refractivity contribution in [1.29, 1.82) is 0 Å². The summed E-state index contributed by atoms with van der Waals surface area (Å²) in [5, 5.41) is 8.06. The zero-order valence-corrected chi connectivity index (χ0v) is 11.6. The highest BCUT2D eigenvalue weighted by molar-refractivity contribution is 5.28. The van der Waals surface area contributed by atoms with Crippen molar-refractivity contribution in [3.05, 3.63) is 17.0 Å². The van der Waals surface area contributed by atoms with E-state index in [1.807, 2.05) is 7.05 Å². The summed E-state index contributed by atoms with van der Waals surface area (Å²) in [7, 11) is 4.19. The van der Waals surface area contributed by atoms with Crippen molar-refractivity contribution in [2.75, 3.05) is 27.2 Å². The topological polar surface area (TPSA) is 33.1 Å². The fraction of sp³-hybridized carbons (Fsp3) is 0.769. The molecule has 0 spiro atoms. The average molecular weight is 236 g/mol. The Morgan fingerprint density at radius 1 is 1.41 bits per heavy atom. The molecule has 4 nitrogen and oxygen atoms in total. The molecule has 1 aromatic rings. The van der Waals surface area contributed by atoms with Crippen LogP contribution in [0, 0.1) is 13.8 Å². The summed E-state index contributed by atoms with van der Waals surface area (Å²) in [6, 6.07) is 0.930. The number of nitrogens with one attached hydrogen (secondary N) is 1. The average Bonchev–Trinajstić information content (AvgIpc) is 2.82. The summed E-state index contributed by atoms with van der Waals surface area (Å²) < 4.78 is 2.24. The fourth-order valence-corrected chi connectivity index (χ4v) is 2.91. The van der Waals surface area contributed by atoms with Gasteiger partial charge in [0.25, 0.3) is 0 Å². The third kappa shape index (κ3) is 2.24. The Hall–Kier alpha value is -0.870. The van der Waals surface area contributed by atoms with Gasteiger partial charge in [-0.25, -0.2) is 0 Å². The first-order valence-corrected chi connectivity index (χ1v) is 6.46. The van der Waals surface area contributed by atoms with Crippen LogP contribution in [0.1, 0.15) is 42.4 Å². The van der Waals surface area contributed by atoms with E-state index in [4.69, 9.17) is 5.10 Å². The van der Waals surface area contributed by atoms with Crippen molar-refractivity contribution < 1.29 is 0 Å². The number of nitrogens with zero attached hydrogens (tertiary/aromatic N) is 3. The first kappa shape index (κ1) is 12.6. The van der Waals surface area contributed by atoms with Gasteiger partial charge in [0.15, 0.2) is 0 Å². The standard InChI is InChI=1S/C13H24N4/c1-9(14-4)13-10(2)15-17(11(13)3)12-6-7-16(5)8-12/h9,12,14H,6-8H2,1-5H3. The largest absolute Gasteiger partial charge is 0.313 e. The van der Waals surface area contributed by atoms with E-state index in [0.29, 0.717) is 12.1 Å². The third-order valence-corrected chi connectivity index (χ3v) is 3.96. The molecule has 4 heteroatoms. The van der Waals surface area contributed by atoms with E-state index in [9.17, 15) is 0 Å². The van der Waals surface area contributed by atoms with Crippen LogP contribution in [0.25, 0.3) is 0 Å². The highest BCUT2D eigenvalue weighted by atomic mass is 15.3. The molecule has 0 radical (unpaired) electrons. The first-order valence-electron chi connectivity index (χ1n) is 6.46. The second-order valence-corrected chi connectivity index (χ2v) is 5.24. The van der Waals surface area contributed by atoms with Gasteiger partial charge in [0.1, 0.15) is 0 Å². The number of likely N-dealkylation sites (tertiary alicyclic amines) is 1. The van der Waals surface area contributed by atoms with Gasteiger partial charge >= 0.3 is 0 Å². The minimum Gasteiger partial charge on any atom is -0.313 e. The van der Waals surface area contributed by atoms with Gasteiger partial charge in [0, 0.05) is 23.8 Å². The quantitative estimate of drug-likeness (QED) is 0.866. The Labute approximate surface area is 104 Å². The van der Waals surface area contributed by atoms with Gasteiger partial charge in [0.2, 0.25) is 0 Å². The maximum atomic E-state index is 4.75. The molecule has 0 bridgehead atoms. The fourth-order valence-electron chi connectivity index (χ4n) is 2.91. The summed E-state index contributed by atoms with van der Waals surface area (Å²) in [6.07, 6.45) is 1.21. The first-order chi connectivity index (χ1) is 8.04. The summed E-state index contributed by atoms with van der Waals surface area (Å²) in [6.45, 7) is 8.81. The second kappa shape index (κ2) is 4.78. The van der Waals surface area contributed by atoms with E-state index in [-0.39, 0.29) is 0 Å².